The second-order valence-corrected chi connectivity index (χ2v) is 7.43. The summed E-state index contributed by atoms with van der Waals surface area (Å²) in [6, 6.07) is 3.91. The first-order valence-corrected chi connectivity index (χ1v) is 7.84. The summed E-state index contributed by atoms with van der Waals surface area (Å²) < 4.78 is 5.39. The van der Waals surface area contributed by atoms with Gasteiger partial charge in [-0.15, -0.1) is 11.3 Å². The third-order valence-corrected chi connectivity index (χ3v) is 4.71. The van der Waals surface area contributed by atoms with Gasteiger partial charge in [0.1, 0.15) is 11.2 Å². The van der Waals surface area contributed by atoms with Crippen LogP contribution >= 0.6 is 11.3 Å². The van der Waals surface area contributed by atoms with E-state index < -0.39 is 11.2 Å². The van der Waals surface area contributed by atoms with Gasteiger partial charge >= 0.3 is 6.09 Å². The monoisotopic (exact) mass is 297 g/mol. The Hall–Kier alpha value is -1.07. The molecule has 0 radical (unpaired) electrons. The zero-order chi connectivity index (χ0) is 15.0. The fraction of sp³-hybridized carbons (Fsp3) is 0.667. The molecule has 1 aliphatic heterocycles. The number of thiophene rings is 1. The van der Waals surface area contributed by atoms with Crippen molar-refractivity contribution in [3.8, 4) is 0 Å². The molecule has 1 amide bonds. The van der Waals surface area contributed by atoms with E-state index in [1.807, 2.05) is 45.2 Å². The Balaban J connectivity index is 2.04. The summed E-state index contributed by atoms with van der Waals surface area (Å²) in [5.74, 6) is -0.0116. The lowest BCUT2D eigenvalue weighted by Gasteiger charge is -2.42. The predicted octanol–water partition coefficient (Wildman–Crippen LogP) is 3.21. The van der Waals surface area contributed by atoms with Crippen LogP contribution in [0.5, 0.6) is 0 Å². The molecule has 5 heteroatoms. The summed E-state index contributed by atoms with van der Waals surface area (Å²) in [5.41, 5.74) is -1.31. The van der Waals surface area contributed by atoms with E-state index in [4.69, 9.17) is 4.74 Å². The van der Waals surface area contributed by atoms with E-state index >= 15 is 0 Å². The van der Waals surface area contributed by atoms with Gasteiger partial charge < -0.3 is 14.7 Å². The van der Waals surface area contributed by atoms with Crippen molar-refractivity contribution in [3.05, 3.63) is 22.4 Å². The largest absolute Gasteiger partial charge is 0.444 e. The molecule has 1 aliphatic rings. The average molecular weight is 297 g/mol. The van der Waals surface area contributed by atoms with Gasteiger partial charge in [-0.05, 0) is 38.6 Å². The molecule has 2 unspecified atom stereocenters. The van der Waals surface area contributed by atoms with Crippen LogP contribution in [0.1, 0.15) is 39.0 Å². The third-order valence-electron chi connectivity index (χ3n) is 3.67. The molecule has 2 atom stereocenters. The lowest BCUT2D eigenvalue weighted by atomic mass is 9.81. The molecule has 2 rings (SSSR count). The number of hydrogen-bond acceptors (Lipinski definition) is 4. The molecule has 0 aliphatic carbocycles. The summed E-state index contributed by atoms with van der Waals surface area (Å²) in [6.45, 7) is 8.61. The number of aliphatic hydroxyl groups is 1. The molecule has 1 aromatic heterocycles. The first-order chi connectivity index (χ1) is 9.22. The fourth-order valence-electron chi connectivity index (χ4n) is 2.51. The molecule has 1 N–H and O–H groups in total. The first-order valence-electron chi connectivity index (χ1n) is 6.97. The normalized spacial score (nSPS) is 27.4. The molecule has 4 nitrogen and oxygen atoms in total. The number of carbonyl (C=O) groups excluding carboxylic acids is 1. The van der Waals surface area contributed by atoms with Crippen molar-refractivity contribution < 1.29 is 14.6 Å². The Morgan fingerprint density at radius 2 is 2.25 bits per heavy atom. The van der Waals surface area contributed by atoms with E-state index in [0.717, 1.165) is 4.88 Å². The summed E-state index contributed by atoms with van der Waals surface area (Å²) in [5, 5.41) is 12.8. The van der Waals surface area contributed by atoms with Crippen molar-refractivity contribution in [3.63, 3.8) is 0 Å². The summed E-state index contributed by atoms with van der Waals surface area (Å²) in [4.78, 5) is 14.8. The molecule has 0 spiro atoms. The van der Waals surface area contributed by atoms with Gasteiger partial charge in [0, 0.05) is 23.9 Å². The maximum absolute atomic E-state index is 12.1. The maximum Gasteiger partial charge on any atom is 0.410 e. The minimum atomic E-state index is -0.827. The molecule has 0 bridgehead atoms. The molecule has 0 aromatic carbocycles. The number of ether oxygens (including phenoxy) is 1. The number of carbonyl (C=O) groups is 1. The van der Waals surface area contributed by atoms with Crippen LogP contribution in [-0.4, -0.2) is 34.8 Å². The molecule has 112 valence electrons. The molecular formula is C15H23NO3S. The number of nitrogens with zero attached hydrogens (tertiary/aromatic N) is 1. The smallest absolute Gasteiger partial charge is 0.410 e. The Bertz CT molecular complexity index is 466. The van der Waals surface area contributed by atoms with E-state index in [2.05, 4.69) is 0 Å². The number of hydrogen-bond donors (Lipinski definition) is 1. The Kier molecular flexibility index (Phi) is 4.12. The highest BCUT2D eigenvalue weighted by Gasteiger charge is 2.42. The third kappa shape index (κ3) is 3.15. The quantitative estimate of drug-likeness (QED) is 0.866. The van der Waals surface area contributed by atoms with Crippen LogP contribution in [0, 0.1) is 5.92 Å². The van der Waals surface area contributed by atoms with Gasteiger partial charge in [-0.25, -0.2) is 4.79 Å². The average Bonchev–Trinajstić information content (AvgIpc) is 2.84. The highest BCUT2D eigenvalue weighted by atomic mass is 32.1. The van der Waals surface area contributed by atoms with Crippen LogP contribution in [0.3, 0.4) is 0 Å². The summed E-state index contributed by atoms with van der Waals surface area (Å²) in [7, 11) is 0. The molecule has 2 heterocycles. The van der Waals surface area contributed by atoms with Gasteiger partial charge in [0.15, 0.2) is 0 Å². The second kappa shape index (κ2) is 5.37. The van der Waals surface area contributed by atoms with Crippen molar-refractivity contribution >= 4 is 17.4 Å². The van der Waals surface area contributed by atoms with Crippen molar-refractivity contribution in [2.45, 2.75) is 45.3 Å². The van der Waals surface area contributed by atoms with Crippen LogP contribution in [0.2, 0.25) is 0 Å². The van der Waals surface area contributed by atoms with E-state index in [0.29, 0.717) is 19.5 Å². The molecule has 20 heavy (non-hydrogen) atoms. The van der Waals surface area contributed by atoms with Crippen LogP contribution < -0.4 is 0 Å². The van der Waals surface area contributed by atoms with E-state index in [9.17, 15) is 9.90 Å². The van der Waals surface area contributed by atoms with Gasteiger partial charge in [-0.2, -0.15) is 0 Å². The fourth-order valence-corrected chi connectivity index (χ4v) is 3.48. The van der Waals surface area contributed by atoms with Gasteiger partial charge in [-0.1, -0.05) is 13.0 Å². The van der Waals surface area contributed by atoms with Crippen LogP contribution in [0.15, 0.2) is 17.5 Å². The highest BCUT2D eigenvalue weighted by Crippen LogP contribution is 2.39. The lowest BCUT2D eigenvalue weighted by Crippen LogP contribution is -2.51. The first kappa shape index (κ1) is 15.3. The summed E-state index contributed by atoms with van der Waals surface area (Å²) >= 11 is 1.57. The molecule has 1 fully saturated rings. The molecular weight excluding hydrogens is 274 g/mol. The molecule has 1 aromatic rings. The number of likely N-dealkylation sites (tertiary alicyclic amines) is 1. The lowest BCUT2D eigenvalue weighted by molar-refractivity contribution is -0.0709. The standard InChI is InChI=1S/C15H23NO3S/c1-11-10-16(13(17)19-14(2,3)4)8-7-15(11,18)12-6-5-9-20-12/h5-6,9,11,18H,7-8,10H2,1-4H3. The zero-order valence-electron chi connectivity index (χ0n) is 12.5. The zero-order valence-corrected chi connectivity index (χ0v) is 13.4. The van der Waals surface area contributed by atoms with Crippen molar-refractivity contribution in [2.24, 2.45) is 5.92 Å². The van der Waals surface area contributed by atoms with Crippen LogP contribution in [-0.2, 0) is 10.3 Å². The Morgan fingerprint density at radius 3 is 2.75 bits per heavy atom. The summed E-state index contributed by atoms with van der Waals surface area (Å²) in [6.07, 6.45) is 0.256. The SMILES string of the molecule is CC1CN(C(=O)OC(C)(C)C)CCC1(O)c1cccs1. The van der Waals surface area contributed by atoms with Crippen LogP contribution in [0.4, 0.5) is 4.79 Å². The Labute approximate surface area is 124 Å². The van der Waals surface area contributed by atoms with Gasteiger partial charge in [-0.3, -0.25) is 0 Å². The highest BCUT2D eigenvalue weighted by molar-refractivity contribution is 7.10. The van der Waals surface area contributed by atoms with Crippen LogP contribution in [0.25, 0.3) is 0 Å². The number of piperidine rings is 1. The molecule has 1 saturated heterocycles. The van der Waals surface area contributed by atoms with Crippen molar-refractivity contribution in [1.82, 2.24) is 4.90 Å². The van der Waals surface area contributed by atoms with E-state index in [1.165, 1.54) is 0 Å². The minimum Gasteiger partial charge on any atom is -0.444 e. The Morgan fingerprint density at radius 1 is 1.55 bits per heavy atom. The van der Waals surface area contributed by atoms with Gasteiger partial charge in [0.25, 0.3) is 0 Å². The maximum atomic E-state index is 12.1. The predicted molar refractivity (Wildman–Crippen MR) is 79.8 cm³/mol. The van der Waals surface area contributed by atoms with Gasteiger partial charge in [0.05, 0.1) is 0 Å². The number of amides is 1. The molecule has 0 saturated carbocycles. The van der Waals surface area contributed by atoms with E-state index in [1.54, 1.807) is 16.2 Å². The van der Waals surface area contributed by atoms with E-state index in [-0.39, 0.29) is 12.0 Å². The topological polar surface area (TPSA) is 49.8 Å². The second-order valence-electron chi connectivity index (χ2n) is 6.48. The number of rotatable bonds is 1. The van der Waals surface area contributed by atoms with Crippen molar-refractivity contribution in [1.29, 1.82) is 0 Å². The van der Waals surface area contributed by atoms with Gasteiger partial charge in [0.2, 0.25) is 0 Å². The van der Waals surface area contributed by atoms with Crippen molar-refractivity contribution in [2.75, 3.05) is 13.1 Å². The minimum absolute atomic E-state index is 0.0116.